The predicted octanol–water partition coefficient (Wildman–Crippen LogP) is 2.30. The van der Waals surface area contributed by atoms with Gasteiger partial charge in [-0.3, -0.25) is 0 Å². The quantitative estimate of drug-likeness (QED) is 0.707. The van der Waals surface area contributed by atoms with E-state index in [1.165, 1.54) is 4.52 Å². The zero-order valence-electron chi connectivity index (χ0n) is 7.75. The van der Waals surface area contributed by atoms with Crippen LogP contribution in [0.4, 0.5) is 0 Å². The van der Waals surface area contributed by atoms with Gasteiger partial charge in [0.1, 0.15) is 10.3 Å². The molecule has 0 radical (unpaired) electrons. The number of halogens is 2. The Morgan fingerprint density at radius 1 is 1.29 bits per heavy atom. The van der Waals surface area contributed by atoms with Crippen LogP contribution < -0.4 is 0 Å². The van der Waals surface area contributed by atoms with E-state index in [1.807, 2.05) is 6.92 Å². The number of aromatic nitrogens is 4. The zero-order chi connectivity index (χ0) is 10.3. The molecule has 0 aliphatic carbocycles. The Morgan fingerprint density at radius 3 is 2.64 bits per heavy atom. The molecular weight excluding hydrogens is 223 g/mol. The van der Waals surface area contributed by atoms with Gasteiger partial charge in [-0.25, -0.2) is 0 Å². The van der Waals surface area contributed by atoms with Crippen molar-refractivity contribution in [2.24, 2.45) is 0 Å². The first-order chi connectivity index (χ1) is 6.63. The van der Waals surface area contributed by atoms with Gasteiger partial charge in [-0.2, -0.15) is 14.5 Å². The van der Waals surface area contributed by atoms with E-state index in [4.69, 9.17) is 23.2 Å². The highest BCUT2D eigenvalue weighted by Crippen LogP contribution is 2.21. The minimum absolute atomic E-state index is 0.373. The van der Waals surface area contributed by atoms with Gasteiger partial charge in [0.25, 0.3) is 5.78 Å². The van der Waals surface area contributed by atoms with Gasteiger partial charge in [0.05, 0.1) is 0 Å². The summed E-state index contributed by atoms with van der Waals surface area (Å²) in [5.41, 5.74) is 0.716. The third kappa shape index (κ3) is 1.35. The van der Waals surface area contributed by atoms with E-state index < -0.39 is 0 Å². The third-order valence-corrected chi connectivity index (χ3v) is 2.76. The van der Waals surface area contributed by atoms with Crippen LogP contribution in [-0.2, 0) is 6.42 Å². The molecular formula is C8H8Cl2N4. The first-order valence-corrected chi connectivity index (χ1v) is 4.96. The maximum atomic E-state index is 6.04. The van der Waals surface area contributed by atoms with Crippen molar-refractivity contribution in [2.45, 2.75) is 20.3 Å². The molecule has 0 saturated carbocycles. The average Bonchev–Trinajstić information content (AvgIpc) is 2.57. The van der Waals surface area contributed by atoms with Gasteiger partial charge < -0.3 is 0 Å². The molecule has 14 heavy (non-hydrogen) atoms. The minimum atomic E-state index is 0.373. The normalized spacial score (nSPS) is 11.1. The van der Waals surface area contributed by atoms with Gasteiger partial charge in [0.15, 0.2) is 5.82 Å². The maximum Gasteiger partial charge on any atom is 0.255 e. The summed E-state index contributed by atoms with van der Waals surface area (Å²) < 4.78 is 1.50. The molecule has 2 heterocycles. The first-order valence-electron chi connectivity index (χ1n) is 4.20. The lowest BCUT2D eigenvalue weighted by Gasteiger charge is -2.00. The van der Waals surface area contributed by atoms with E-state index in [2.05, 4.69) is 15.1 Å². The van der Waals surface area contributed by atoms with Crippen LogP contribution in [0.5, 0.6) is 0 Å². The zero-order valence-corrected chi connectivity index (χ0v) is 9.26. The van der Waals surface area contributed by atoms with Gasteiger partial charge in [-0.1, -0.05) is 30.1 Å². The van der Waals surface area contributed by atoms with E-state index in [0.717, 1.165) is 6.42 Å². The molecule has 0 amide bonds. The van der Waals surface area contributed by atoms with Gasteiger partial charge in [0, 0.05) is 12.0 Å². The second kappa shape index (κ2) is 3.37. The van der Waals surface area contributed by atoms with Gasteiger partial charge >= 0.3 is 0 Å². The Morgan fingerprint density at radius 2 is 2.00 bits per heavy atom. The molecule has 0 fully saturated rings. The third-order valence-electron chi connectivity index (χ3n) is 1.95. The summed E-state index contributed by atoms with van der Waals surface area (Å²) in [7, 11) is 0. The molecule has 0 spiro atoms. The predicted molar refractivity (Wildman–Crippen MR) is 54.9 cm³/mol. The number of hydrogen-bond donors (Lipinski definition) is 0. The smallest absolute Gasteiger partial charge is 0.199 e. The Bertz CT molecular complexity index is 492. The van der Waals surface area contributed by atoms with Crippen molar-refractivity contribution in [1.82, 2.24) is 19.6 Å². The minimum Gasteiger partial charge on any atom is -0.199 e. The van der Waals surface area contributed by atoms with E-state index >= 15 is 0 Å². The second-order valence-corrected chi connectivity index (χ2v) is 3.63. The summed E-state index contributed by atoms with van der Waals surface area (Å²) in [6.07, 6.45) is 0.746. The highest BCUT2D eigenvalue weighted by Gasteiger charge is 2.11. The number of rotatable bonds is 1. The van der Waals surface area contributed by atoms with Crippen molar-refractivity contribution >= 4 is 29.0 Å². The molecule has 4 nitrogen and oxygen atoms in total. The van der Waals surface area contributed by atoms with Crippen LogP contribution in [-0.4, -0.2) is 19.6 Å². The maximum absolute atomic E-state index is 6.04. The monoisotopic (exact) mass is 230 g/mol. The molecule has 0 aromatic carbocycles. The highest BCUT2D eigenvalue weighted by atomic mass is 35.5. The van der Waals surface area contributed by atoms with Crippen LogP contribution >= 0.6 is 23.2 Å². The Balaban J connectivity index is 2.81. The van der Waals surface area contributed by atoms with Crippen LogP contribution in [0.15, 0.2) is 0 Å². The van der Waals surface area contributed by atoms with Gasteiger partial charge in [0.2, 0.25) is 0 Å². The lowest BCUT2D eigenvalue weighted by Crippen LogP contribution is -1.96. The molecule has 0 atom stereocenters. The lowest BCUT2D eigenvalue weighted by atomic mass is 10.4. The fourth-order valence-corrected chi connectivity index (χ4v) is 1.53. The fraction of sp³-hybridized carbons (Fsp3) is 0.375. The van der Waals surface area contributed by atoms with Crippen molar-refractivity contribution in [2.75, 3.05) is 0 Å². The van der Waals surface area contributed by atoms with Crippen molar-refractivity contribution < 1.29 is 0 Å². The SMILES string of the molecule is CCc1nc2nc(Cl)c(C)c(Cl)n2n1. The molecule has 0 N–H and O–H groups in total. The van der Waals surface area contributed by atoms with E-state index in [0.29, 0.717) is 27.5 Å². The molecule has 0 bridgehead atoms. The second-order valence-electron chi connectivity index (χ2n) is 2.91. The Labute approximate surface area is 90.9 Å². The van der Waals surface area contributed by atoms with Crippen LogP contribution in [0.2, 0.25) is 10.3 Å². The summed E-state index contributed by atoms with van der Waals surface area (Å²) in [6, 6.07) is 0. The number of nitrogens with zero attached hydrogens (tertiary/aromatic N) is 4. The van der Waals surface area contributed by atoms with Gasteiger partial charge in [-0.15, -0.1) is 5.10 Å². The van der Waals surface area contributed by atoms with E-state index in [-0.39, 0.29) is 0 Å². The molecule has 6 heteroatoms. The standard InChI is InChI=1S/C8H8Cl2N4/c1-3-5-11-8-12-6(9)4(2)7(10)14(8)13-5/h3H2,1-2H3. The molecule has 0 aliphatic rings. The molecule has 2 aromatic heterocycles. The van der Waals surface area contributed by atoms with Crippen molar-refractivity contribution in [3.8, 4) is 0 Å². The van der Waals surface area contributed by atoms with Crippen LogP contribution in [0, 0.1) is 6.92 Å². The summed E-state index contributed by atoms with van der Waals surface area (Å²) >= 11 is 11.9. The fourth-order valence-electron chi connectivity index (χ4n) is 1.11. The van der Waals surface area contributed by atoms with Gasteiger partial charge in [-0.05, 0) is 6.92 Å². The molecule has 2 aromatic rings. The van der Waals surface area contributed by atoms with Crippen molar-refractivity contribution in [3.63, 3.8) is 0 Å². The van der Waals surface area contributed by atoms with E-state index in [9.17, 15) is 0 Å². The summed E-state index contributed by atoms with van der Waals surface area (Å²) in [5, 5.41) is 5.02. The number of fused-ring (bicyclic) bond motifs is 1. The topological polar surface area (TPSA) is 43.1 Å². The van der Waals surface area contributed by atoms with Crippen molar-refractivity contribution in [1.29, 1.82) is 0 Å². The molecule has 0 saturated heterocycles. The number of hydrogen-bond acceptors (Lipinski definition) is 3. The summed E-state index contributed by atoms with van der Waals surface area (Å²) in [4.78, 5) is 8.24. The summed E-state index contributed by atoms with van der Waals surface area (Å²) in [5.74, 6) is 1.16. The van der Waals surface area contributed by atoms with Crippen LogP contribution in [0.25, 0.3) is 5.78 Å². The van der Waals surface area contributed by atoms with Crippen LogP contribution in [0.3, 0.4) is 0 Å². The largest absolute Gasteiger partial charge is 0.255 e. The number of aryl methyl sites for hydroxylation is 1. The van der Waals surface area contributed by atoms with E-state index in [1.54, 1.807) is 6.92 Å². The first kappa shape index (κ1) is 9.68. The van der Waals surface area contributed by atoms with Crippen LogP contribution in [0.1, 0.15) is 18.3 Å². The Hall–Kier alpha value is -0.870. The highest BCUT2D eigenvalue weighted by molar-refractivity contribution is 6.34. The van der Waals surface area contributed by atoms with Crippen molar-refractivity contribution in [3.05, 3.63) is 21.7 Å². The Kier molecular flexibility index (Phi) is 2.33. The average molecular weight is 231 g/mol. The summed E-state index contributed by atoms with van der Waals surface area (Å²) in [6.45, 7) is 3.77. The lowest BCUT2D eigenvalue weighted by molar-refractivity contribution is 0.875. The molecule has 0 unspecified atom stereocenters. The molecule has 2 rings (SSSR count). The molecule has 0 aliphatic heterocycles. The molecule has 74 valence electrons.